The molecular formula is C24H22F3NO3. The molecule has 7 heteroatoms. The number of esters is 1. The maximum Gasteiger partial charge on any atom is 0.437 e. The number of hydrogen-bond donors (Lipinski definition) is 0. The van der Waals surface area contributed by atoms with Gasteiger partial charge in [0.05, 0.1) is 12.2 Å². The van der Waals surface area contributed by atoms with Gasteiger partial charge >= 0.3 is 12.1 Å². The summed E-state index contributed by atoms with van der Waals surface area (Å²) in [4.78, 5) is 12.8. The molecule has 2 aromatic carbocycles. The van der Waals surface area contributed by atoms with E-state index in [-0.39, 0.29) is 24.0 Å². The van der Waals surface area contributed by atoms with Crippen molar-refractivity contribution >= 4 is 22.9 Å². The lowest BCUT2D eigenvalue weighted by Crippen LogP contribution is -2.52. The number of nitrogens with zero attached hydrogens (tertiary/aromatic N) is 1. The third kappa shape index (κ3) is 3.19. The molecule has 1 aliphatic heterocycles. The fraction of sp³-hybridized carbons (Fsp3) is 0.292. The summed E-state index contributed by atoms with van der Waals surface area (Å²) in [6.45, 7) is 5.26. The minimum atomic E-state index is -4.94. The Morgan fingerprint density at radius 3 is 2.48 bits per heavy atom. The summed E-state index contributed by atoms with van der Waals surface area (Å²) in [6, 6.07) is 13.1. The lowest BCUT2D eigenvalue weighted by Gasteiger charge is -2.39. The maximum absolute atomic E-state index is 15.0. The number of ether oxygens (including phenoxy) is 2. The number of alkyl halides is 3. The van der Waals surface area contributed by atoms with Crippen molar-refractivity contribution in [2.75, 3.05) is 6.61 Å². The molecule has 2 heterocycles. The van der Waals surface area contributed by atoms with Crippen molar-refractivity contribution in [3.8, 4) is 5.75 Å². The second-order valence-electron chi connectivity index (χ2n) is 7.66. The molecule has 0 amide bonds. The molecule has 0 bridgehead atoms. The fourth-order valence-electron chi connectivity index (χ4n) is 4.06. The number of carbonyl (C=O) groups is 1. The first kappa shape index (κ1) is 21.0. The molecule has 0 radical (unpaired) electrons. The van der Waals surface area contributed by atoms with Gasteiger partial charge in [0.2, 0.25) is 0 Å². The zero-order valence-electron chi connectivity index (χ0n) is 17.4. The van der Waals surface area contributed by atoms with Crippen LogP contribution in [0.1, 0.15) is 37.9 Å². The monoisotopic (exact) mass is 429 g/mol. The molecule has 1 aliphatic rings. The van der Waals surface area contributed by atoms with Crippen molar-refractivity contribution in [1.29, 1.82) is 0 Å². The van der Waals surface area contributed by atoms with Crippen LogP contribution in [0.4, 0.5) is 13.2 Å². The van der Waals surface area contributed by atoms with Crippen LogP contribution >= 0.6 is 0 Å². The SMILES string of the molecule is CCOC(=O)C1=Cc2ccccc2OC1(c1cn(C(C)C)c2ccccc12)C(F)(F)F. The second kappa shape index (κ2) is 7.48. The molecule has 1 unspecified atom stereocenters. The van der Waals surface area contributed by atoms with Crippen LogP contribution in [-0.4, -0.2) is 23.3 Å². The molecule has 0 fully saturated rings. The zero-order valence-corrected chi connectivity index (χ0v) is 17.4. The van der Waals surface area contributed by atoms with Gasteiger partial charge in [-0.05, 0) is 39.0 Å². The average Bonchev–Trinajstić information content (AvgIpc) is 3.12. The molecular weight excluding hydrogens is 407 g/mol. The van der Waals surface area contributed by atoms with E-state index in [1.54, 1.807) is 54.0 Å². The molecule has 0 N–H and O–H groups in total. The lowest BCUT2D eigenvalue weighted by molar-refractivity contribution is -0.240. The van der Waals surface area contributed by atoms with Crippen molar-refractivity contribution in [3.63, 3.8) is 0 Å². The Labute approximate surface area is 177 Å². The van der Waals surface area contributed by atoms with E-state index < -0.39 is 23.3 Å². The van der Waals surface area contributed by atoms with Crippen molar-refractivity contribution in [1.82, 2.24) is 4.57 Å². The van der Waals surface area contributed by atoms with E-state index >= 15 is 0 Å². The van der Waals surface area contributed by atoms with Crippen LogP contribution in [0.25, 0.3) is 17.0 Å². The van der Waals surface area contributed by atoms with Crippen molar-refractivity contribution in [2.45, 2.75) is 38.6 Å². The van der Waals surface area contributed by atoms with Crippen molar-refractivity contribution in [3.05, 3.63) is 71.4 Å². The van der Waals surface area contributed by atoms with Crippen LogP contribution < -0.4 is 4.74 Å². The van der Waals surface area contributed by atoms with Gasteiger partial charge in [-0.15, -0.1) is 0 Å². The second-order valence-corrected chi connectivity index (χ2v) is 7.66. The normalized spacial score (nSPS) is 18.5. The Morgan fingerprint density at radius 1 is 1.13 bits per heavy atom. The minimum Gasteiger partial charge on any atom is -0.467 e. The lowest BCUT2D eigenvalue weighted by atomic mass is 9.81. The van der Waals surface area contributed by atoms with Gasteiger partial charge in [-0.3, -0.25) is 0 Å². The van der Waals surface area contributed by atoms with Gasteiger partial charge in [-0.25, -0.2) is 4.79 Å². The van der Waals surface area contributed by atoms with E-state index in [0.717, 1.165) is 0 Å². The number of para-hydroxylation sites is 2. The number of carbonyl (C=O) groups excluding carboxylic acids is 1. The first-order valence-electron chi connectivity index (χ1n) is 10.0. The van der Waals surface area contributed by atoms with Crippen LogP contribution in [-0.2, 0) is 15.1 Å². The number of hydrogen-bond acceptors (Lipinski definition) is 3. The van der Waals surface area contributed by atoms with E-state index in [2.05, 4.69) is 0 Å². The minimum absolute atomic E-state index is 0.0502. The first-order valence-corrected chi connectivity index (χ1v) is 10.0. The quantitative estimate of drug-likeness (QED) is 0.476. The fourth-order valence-corrected chi connectivity index (χ4v) is 4.06. The molecule has 1 atom stereocenters. The van der Waals surface area contributed by atoms with Gasteiger partial charge < -0.3 is 14.0 Å². The molecule has 0 aliphatic carbocycles. The predicted octanol–water partition coefficient (Wildman–Crippen LogP) is 6.02. The molecule has 1 aromatic heterocycles. The standard InChI is InChI=1S/C24H22F3NO3/c1-4-30-22(29)18-13-16-9-5-8-12-21(16)31-23(18,24(25,26)27)19-14-28(15(2)3)20-11-7-6-10-17(19)20/h5-15H,4H2,1-3H3. The number of rotatable bonds is 4. The molecule has 0 spiro atoms. The molecule has 3 aromatic rings. The Balaban J connectivity index is 2.10. The summed E-state index contributed by atoms with van der Waals surface area (Å²) < 4.78 is 57.5. The summed E-state index contributed by atoms with van der Waals surface area (Å²) in [5.74, 6) is -1.01. The highest BCUT2D eigenvalue weighted by molar-refractivity contribution is 6.00. The molecule has 31 heavy (non-hydrogen) atoms. The van der Waals surface area contributed by atoms with Gasteiger partial charge in [0, 0.05) is 34.3 Å². The van der Waals surface area contributed by atoms with Crippen molar-refractivity contribution in [2.24, 2.45) is 0 Å². The van der Waals surface area contributed by atoms with E-state index in [1.165, 1.54) is 18.3 Å². The highest BCUT2D eigenvalue weighted by atomic mass is 19.4. The van der Waals surface area contributed by atoms with Gasteiger partial charge in [0.15, 0.2) is 0 Å². The highest BCUT2D eigenvalue weighted by Crippen LogP contribution is 2.54. The number of halogens is 3. The van der Waals surface area contributed by atoms with Crippen LogP contribution in [0, 0.1) is 0 Å². The summed E-state index contributed by atoms with van der Waals surface area (Å²) in [5.41, 5.74) is -2.72. The Morgan fingerprint density at radius 2 is 1.81 bits per heavy atom. The van der Waals surface area contributed by atoms with Gasteiger partial charge in [0.25, 0.3) is 5.60 Å². The van der Waals surface area contributed by atoms with E-state index in [9.17, 15) is 18.0 Å². The van der Waals surface area contributed by atoms with Crippen LogP contribution in [0.3, 0.4) is 0 Å². The van der Waals surface area contributed by atoms with Crippen molar-refractivity contribution < 1.29 is 27.4 Å². The number of aromatic nitrogens is 1. The van der Waals surface area contributed by atoms with E-state index in [0.29, 0.717) is 16.5 Å². The van der Waals surface area contributed by atoms with E-state index in [1.807, 2.05) is 13.8 Å². The van der Waals surface area contributed by atoms with Gasteiger partial charge in [0.1, 0.15) is 5.75 Å². The largest absolute Gasteiger partial charge is 0.467 e. The summed E-state index contributed by atoms with van der Waals surface area (Å²) in [5, 5.41) is 0.364. The zero-order chi connectivity index (χ0) is 22.4. The smallest absolute Gasteiger partial charge is 0.437 e. The summed E-state index contributed by atoms with van der Waals surface area (Å²) >= 11 is 0. The topological polar surface area (TPSA) is 40.5 Å². The molecule has 4 nitrogen and oxygen atoms in total. The van der Waals surface area contributed by atoms with Crippen LogP contribution in [0.2, 0.25) is 0 Å². The maximum atomic E-state index is 15.0. The molecule has 4 rings (SSSR count). The third-order valence-electron chi connectivity index (χ3n) is 5.43. The van der Waals surface area contributed by atoms with Crippen LogP contribution in [0.15, 0.2) is 60.3 Å². The number of fused-ring (bicyclic) bond motifs is 2. The van der Waals surface area contributed by atoms with Gasteiger partial charge in [-0.1, -0.05) is 36.4 Å². The summed E-state index contributed by atoms with van der Waals surface area (Å²) in [7, 11) is 0. The summed E-state index contributed by atoms with van der Waals surface area (Å²) in [6.07, 6.45) is -2.28. The Bertz CT molecular complexity index is 1180. The number of benzene rings is 2. The Hall–Kier alpha value is -3.22. The third-order valence-corrected chi connectivity index (χ3v) is 5.43. The first-order chi connectivity index (χ1) is 14.7. The van der Waals surface area contributed by atoms with E-state index in [4.69, 9.17) is 9.47 Å². The Kier molecular flexibility index (Phi) is 5.07. The molecule has 162 valence electrons. The van der Waals surface area contributed by atoms with Crippen LogP contribution in [0.5, 0.6) is 5.75 Å². The molecule has 0 saturated carbocycles. The average molecular weight is 429 g/mol. The predicted molar refractivity (Wildman–Crippen MR) is 112 cm³/mol. The van der Waals surface area contributed by atoms with Gasteiger partial charge in [-0.2, -0.15) is 13.2 Å². The highest BCUT2D eigenvalue weighted by Gasteiger charge is 2.65. The molecule has 0 saturated heterocycles.